The Labute approximate surface area is 120 Å². The summed E-state index contributed by atoms with van der Waals surface area (Å²) < 4.78 is 5.74. The van der Waals surface area contributed by atoms with Crippen molar-refractivity contribution in [2.24, 2.45) is 0 Å². The maximum absolute atomic E-state index is 9.30. The van der Waals surface area contributed by atoms with E-state index in [1.165, 1.54) is 10.8 Å². The van der Waals surface area contributed by atoms with Gasteiger partial charge in [-0.1, -0.05) is 37.3 Å². The molecule has 2 aromatic rings. The van der Waals surface area contributed by atoms with Gasteiger partial charge in [-0.2, -0.15) is 0 Å². The molecule has 0 aromatic heterocycles. The van der Waals surface area contributed by atoms with Crippen molar-refractivity contribution in [1.82, 2.24) is 5.32 Å². The molecular weight excluding hydrogens is 250 g/mol. The molecule has 20 heavy (non-hydrogen) atoms. The molecule has 0 aliphatic heterocycles. The molecule has 0 heterocycles. The van der Waals surface area contributed by atoms with E-state index in [0.29, 0.717) is 13.2 Å². The third kappa shape index (κ3) is 3.30. The first-order valence-corrected chi connectivity index (χ1v) is 7.27. The van der Waals surface area contributed by atoms with Crippen molar-refractivity contribution >= 4 is 10.8 Å². The third-order valence-electron chi connectivity index (χ3n) is 3.58. The molecule has 2 aromatic carbocycles. The third-order valence-corrected chi connectivity index (χ3v) is 3.58. The monoisotopic (exact) mass is 273 g/mol. The maximum Gasteiger partial charge on any atom is 0.124 e. The van der Waals surface area contributed by atoms with Gasteiger partial charge in [0, 0.05) is 18.2 Å². The lowest BCUT2D eigenvalue weighted by atomic mass is 10.0. The van der Waals surface area contributed by atoms with E-state index < -0.39 is 0 Å². The number of nitrogens with one attached hydrogen (secondary N) is 1. The van der Waals surface area contributed by atoms with E-state index in [0.717, 1.165) is 17.7 Å². The number of aliphatic hydroxyl groups is 1. The fourth-order valence-electron chi connectivity index (χ4n) is 2.37. The van der Waals surface area contributed by atoms with Crippen LogP contribution in [0.3, 0.4) is 0 Å². The van der Waals surface area contributed by atoms with Gasteiger partial charge in [0.2, 0.25) is 0 Å². The largest absolute Gasteiger partial charge is 0.494 e. The number of hydrogen-bond donors (Lipinski definition) is 2. The van der Waals surface area contributed by atoms with Crippen LogP contribution in [0.5, 0.6) is 5.75 Å². The second-order valence-corrected chi connectivity index (χ2v) is 4.87. The van der Waals surface area contributed by atoms with Gasteiger partial charge in [0.1, 0.15) is 5.75 Å². The van der Waals surface area contributed by atoms with Crippen LogP contribution < -0.4 is 10.1 Å². The zero-order chi connectivity index (χ0) is 14.4. The van der Waals surface area contributed by atoms with Crippen molar-refractivity contribution in [2.75, 3.05) is 13.2 Å². The summed E-state index contributed by atoms with van der Waals surface area (Å²) in [5, 5.41) is 15.1. The van der Waals surface area contributed by atoms with Gasteiger partial charge in [0.25, 0.3) is 0 Å². The normalized spacial score (nSPS) is 12.6. The summed E-state index contributed by atoms with van der Waals surface area (Å²) >= 11 is 0. The molecule has 3 heteroatoms. The molecule has 0 unspecified atom stereocenters. The summed E-state index contributed by atoms with van der Waals surface area (Å²) in [5.74, 6) is 0.923. The lowest BCUT2D eigenvalue weighted by Gasteiger charge is -2.18. The first-order valence-electron chi connectivity index (χ1n) is 7.27. The first kappa shape index (κ1) is 14.8. The second kappa shape index (κ2) is 7.27. The van der Waals surface area contributed by atoms with Gasteiger partial charge >= 0.3 is 0 Å². The molecule has 0 bridgehead atoms. The standard InChI is InChI=1S/C17H23NO2/c1-3-14(12-19)18-11-16-15-8-6-5-7-13(15)9-10-17(16)20-4-2/h5-10,14,18-19H,3-4,11-12H2,1-2H3/t14-/m1/s1. The number of rotatable bonds is 7. The summed E-state index contributed by atoms with van der Waals surface area (Å²) in [4.78, 5) is 0. The van der Waals surface area contributed by atoms with Crippen LogP contribution in [0.25, 0.3) is 10.8 Å². The maximum atomic E-state index is 9.30. The fraction of sp³-hybridized carbons (Fsp3) is 0.412. The van der Waals surface area contributed by atoms with Crippen LogP contribution in [-0.2, 0) is 6.54 Å². The molecule has 0 radical (unpaired) electrons. The highest BCUT2D eigenvalue weighted by Crippen LogP contribution is 2.28. The van der Waals surface area contributed by atoms with Gasteiger partial charge in [-0.25, -0.2) is 0 Å². The number of hydrogen-bond acceptors (Lipinski definition) is 3. The van der Waals surface area contributed by atoms with Gasteiger partial charge in [0.05, 0.1) is 13.2 Å². The van der Waals surface area contributed by atoms with Gasteiger partial charge in [0.15, 0.2) is 0 Å². The Morgan fingerprint density at radius 1 is 1.15 bits per heavy atom. The minimum atomic E-state index is 0.128. The zero-order valence-corrected chi connectivity index (χ0v) is 12.2. The van der Waals surface area contributed by atoms with E-state index in [-0.39, 0.29) is 12.6 Å². The first-order chi connectivity index (χ1) is 9.80. The zero-order valence-electron chi connectivity index (χ0n) is 12.2. The average molecular weight is 273 g/mol. The molecule has 0 spiro atoms. The number of aliphatic hydroxyl groups excluding tert-OH is 1. The Morgan fingerprint density at radius 2 is 1.95 bits per heavy atom. The number of fused-ring (bicyclic) bond motifs is 1. The Balaban J connectivity index is 2.33. The van der Waals surface area contributed by atoms with E-state index >= 15 is 0 Å². The number of benzene rings is 2. The van der Waals surface area contributed by atoms with Crippen LogP contribution in [0.15, 0.2) is 36.4 Å². The lowest BCUT2D eigenvalue weighted by Crippen LogP contribution is -2.31. The second-order valence-electron chi connectivity index (χ2n) is 4.87. The van der Waals surface area contributed by atoms with Gasteiger partial charge in [-0.15, -0.1) is 0 Å². The van der Waals surface area contributed by atoms with Crippen molar-refractivity contribution in [3.63, 3.8) is 0 Å². The van der Waals surface area contributed by atoms with E-state index in [1.54, 1.807) is 0 Å². The van der Waals surface area contributed by atoms with Crippen molar-refractivity contribution in [2.45, 2.75) is 32.9 Å². The molecular formula is C17H23NO2. The predicted octanol–water partition coefficient (Wildman–Crippen LogP) is 3.10. The summed E-state index contributed by atoms with van der Waals surface area (Å²) in [7, 11) is 0. The Morgan fingerprint density at radius 3 is 2.65 bits per heavy atom. The average Bonchev–Trinajstić information content (AvgIpc) is 2.50. The van der Waals surface area contributed by atoms with Crippen molar-refractivity contribution in [1.29, 1.82) is 0 Å². The molecule has 1 atom stereocenters. The van der Waals surface area contributed by atoms with E-state index in [9.17, 15) is 5.11 Å². The quantitative estimate of drug-likeness (QED) is 0.814. The van der Waals surface area contributed by atoms with Crippen LogP contribution in [0.1, 0.15) is 25.8 Å². The molecule has 0 saturated carbocycles. The van der Waals surface area contributed by atoms with Gasteiger partial charge in [-0.05, 0) is 30.2 Å². The molecule has 0 saturated heterocycles. The van der Waals surface area contributed by atoms with E-state index in [2.05, 4.69) is 30.4 Å². The highest BCUT2D eigenvalue weighted by molar-refractivity contribution is 5.87. The summed E-state index contributed by atoms with van der Waals surface area (Å²) in [6, 6.07) is 12.6. The molecule has 108 valence electrons. The van der Waals surface area contributed by atoms with Crippen LogP contribution in [0.2, 0.25) is 0 Å². The highest BCUT2D eigenvalue weighted by Gasteiger charge is 2.10. The summed E-state index contributed by atoms with van der Waals surface area (Å²) in [5.41, 5.74) is 1.16. The predicted molar refractivity (Wildman–Crippen MR) is 83.1 cm³/mol. The SMILES string of the molecule is CCOc1ccc2ccccc2c1CN[C@H](CC)CO. The van der Waals surface area contributed by atoms with Crippen molar-refractivity contribution < 1.29 is 9.84 Å². The molecule has 2 N–H and O–H groups in total. The number of ether oxygens (including phenoxy) is 1. The topological polar surface area (TPSA) is 41.5 Å². The van der Waals surface area contributed by atoms with Gasteiger partial charge in [-0.3, -0.25) is 0 Å². The van der Waals surface area contributed by atoms with Crippen molar-refractivity contribution in [3.8, 4) is 5.75 Å². The highest BCUT2D eigenvalue weighted by atomic mass is 16.5. The van der Waals surface area contributed by atoms with Crippen LogP contribution in [0, 0.1) is 0 Å². The Hall–Kier alpha value is -1.58. The summed E-state index contributed by atoms with van der Waals surface area (Å²) in [6.45, 7) is 5.58. The van der Waals surface area contributed by atoms with E-state index in [1.807, 2.05) is 25.1 Å². The smallest absolute Gasteiger partial charge is 0.124 e. The lowest BCUT2D eigenvalue weighted by molar-refractivity contribution is 0.237. The summed E-state index contributed by atoms with van der Waals surface area (Å²) in [6.07, 6.45) is 0.908. The van der Waals surface area contributed by atoms with Gasteiger partial charge < -0.3 is 15.2 Å². The van der Waals surface area contributed by atoms with Crippen LogP contribution in [-0.4, -0.2) is 24.4 Å². The Kier molecular flexibility index (Phi) is 5.39. The molecule has 3 nitrogen and oxygen atoms in total. The molecule has 0 aliphatic carbocycles. The Bertz CT molecular complexity index is 550. The molecule has 0 fully saturated rings. The van der Waals surface area contributed by atoms with Crippen LogP contribution >= 0.6 is 0 Å². The molecule has 0 amide bonds. The van der Waals surface area contributed by atoms with E-state index in [4.69, 9.17) is 4.74 Å². The fourth-order valence-corrected chi connectivity index (χ4v) is 2.37. The van der Waals surface area contributed by atoms with Crippen LogP contribution in [0.4, 0.5) is 0 Å². The van der Waals surface area contributed by atoms with Crippen molar-refractivity contribution in [3.05, 3.63) is 42.0 Å². The minimum absolute atomic E-state index is 0.128. The molecule has 0 aliphatic rings. The minimum Gasteiger partial charge on any atom is -0.494 e. The molecule has 2 rings (SSSR count).